The summed E-state index contributed by atoms with van der Waals surface area (Å²) in [5.74, 6) is 0.646. The van der Waals surface area contributed by atoms with Crippen LogP contribution in [0.25, 0.3) is 0 Å². The molecule has 0 saturated carbocycles. The van der Waals surface area contributed by atoms with E-state index in [2.05, 4.69) is 29.8 Å². The van der Waals surface area contributed by atoms with Crippen LogP contribution in [0.3, 0.4) is 0 Å². The molecular formula is C20H33N3O2. The third kappa shape index (κ3) is 5.18. The van der Waals surface area contributed by atoms with Gasteiger partial charge in [-0.15, -0.1) is 0 Å². The minimum Gasteiger partial charge on any atom is -0.443 e. The number of ether oxygens (including phenoxy) is 1. The molecule has 0 aromatic carbocycles. The Morgan fingerprint density at radius 3 is 2.60 bits per heavy atom. The van der Waals surface area contributed by atoms with Crippen molar-refractivity contribution >= 4 is 11.9 Å². The highest BCUT2D eigenvalue weighted by Gasteiger charge is 2.27. The number of piperidine rings is 1. The van der Waals surface area contributed by atoms with Crippen LogP contribution in [0, 0.1) is 0 Å². The Hall–Kier alpha value is -1.62. The van der Waals surface area contributed by atoms with Crippen molar-refractivity contribution in [3.8, 4) is 0 Å². The van der Waals surface area contributed by atoms with Gasteiger partial charge in [-0.25, -0.2) is 9.78 Å². The maximum absolute atomic E-state index is 12.4. The molecule has 0 radical (unpaired) electrons. The lowest BCUT2D eigenvalue weighted by Crippen LogP contribution is -2.39. The fourth-order valence-corrected chi connectivity index (χ4v) is 3.39. The minimum atomic E-state index is -0.510. The van der Waals surface area contributed by atoms with Crippen LogP contribution in [0.4, 0.5) is 10.6 Å². The third-order valence-electron chi connectivity index (χ3n) is 4.57. The van der Waals surface area contributed by atoms with E-state index in [4.69, 9.17) is 4.74 Å². The van der Waals surface area contributed by atoms with Crippen LogP contribution in [0.15, 0.2) is 18.3 Å². The summed E-state index contributed by atoms with van der Waals surface area (Å²) < 4.78 is 5.48. The number of carbonyl (C=O) groups excluding carboxylic acids is 1. The first kappa shape index (κ1) is 19.7. The molecule has 1 fully saturated rings. The second kappa shape index (κ2) is 8.17. The molecule has 1 aliphatic heterocycles. The van der Waals surface area contributed by atoms with Crippen molar-refractivity contribution in [2.45, 2.75) is 78.5 Å². The fraction of sp³-hybridized carbons (Fsp3) is 0.700. The zero-order chi connectivity index (χ0) is 18.6. The number of pyridine rings is 1. The largest absolute Gasteiger partial charge is 0.443 e. The molecule has 1 aromatic heterocycles. The first-order valence-corrected chi connectivity index (χ1v) is 9.45. The summed E-state index contributed by atoms with van der Waals surface area (Å²) in [6.07, 6.45) is 5.27. The van der Waals surface area contributed by atoms with Gasteiger partial charge in [0.15, 0.2) is 0 Å². The topological polar surface area (TPSA) is 45.7 Å². The Bertz CT molecular complexity index is 563. The van der Waals surface area contributed by atoms with Gasteiger partial charge in [-0.05, 0) is 72.6 Å². The summed E-state index contributed by atoms with van der Waals surface area (Å²) in [5, 5.41) is 0. The van der Waals surface area contributed by atoms with Gasteiger partial charge in [0, 0.05) is 24.8 Å². The van der Waals surface area contributed by atoms with Crippen molar-refractivity contribution in [3.63, 3.8) is 0 Å². The summed E-state index contributed by atoms with van der Waals surface area (Å²) in [5.41, 5.74) is 0.724. The molecule has 0 aliphatic carbocycles. The molecule has 0 unspecified atom stereocenters. The first-order chi connectivity index (χ1) is 11.7. The molecule has 2 rings (SSSR count). The molecule has 1 aliphatic rings. The molecule has 5 nitrogen and oxygen atoms in total. The van der Waals surface area contributed by atoms with E-state index in [1.54, 1.807) is 4.90 Å². The van der Waals surface area contributed by atoms with Gasteiger partial charge < -0.3 is 4.74 Å². The predicted molar refractivity (Wildman–Crippen MR) is 102 cm³/mol. The van der Waals surface area contributed by atoms with Gasteiger partial charge in [0.05, 0.1) is 0 Å². The number of carbonyl (C=O) groups is 1. The zero-order valence-electron chi connectivity index (χ0n) is 16.6. The fourth-order valence-electron chi connectivity index (χ4n) is 3.39. The standard InChI is InChI=1S/C20H33N3O2/c1-7-22(19(24)25-20(4,5)6)18-12-11-16(14-21-18)17-10-8-9-13-23(17)15(2)3/h11-12,14-15,17H,7-10,13H2,1-6H3/t17-/m1/s1. The monoisotopic (exact) mass is 347 g/mol. The average Bonchev–Trinajstić information content (AvgIpc) is 2.54. The smallest absolute Gasteiger partial charge is 0.415 e. The van der Waals surface area contributed by atoms with Crippen molar-refractivity contribution in [3.05, 3.63) is 23.9 Å². The van der Waals surface area contributed by atoms with Gasteiger partial charge in [0.2, 0.25) is 0 Å². The minimum absolute atomic E-state index is 0.350. The van der Waals surface area contributed by atoms with Crippen molar-refractivity contribution in [1.29, 1.82) is 0 Å². The maximum Gasteiger partial charge on any atom is 0.415 e. The Labute approximate surface area is 152 Å². The highest BCUT2D eigenvalue weighted by molar-refractivity contribution is 5.86. The van der Waals surface area contributed by atoms with E-state index in [0.29, 0.717) is 24.4 Å². The van der Waals surface area contributed by atoms with Gasteiger partial charge in [-0.3, -0.25) is 9.80 Å². The van der Waals surface area contributed by atoms with E-state index in [9.17, 15) is 4.79 Å². The molecule has 25 heavy (non-hydrogen) atoms. The number of rotatable bonds is 4. The van der Waals surface area contributed by atoms with E-state index >= 15 is 0 Å². The Balaban J connectivity index is 2.16. The number of anilines is 1. The van der Waals surface area contributed by atoms with E-state index < -0.39 is 5.60 Å². The summed E-state index contributed by atoms with van der Waals surface area (Å²) in [6, 6.07) is 5.00. The summed E-state index contributed by atoms with van der Waals surface area (Å²) in [4.78, 5) is 21.1. The van der Waals surface area contributed by atoms with Crippen LogP contribution in [0.5, 0.6) is 0 Å². The zero-order valence-corrected chi connectivity index (χ0v) is 16.6. The number of aromatic nitrogens is 1. The summed E-state index contributed by atoms with van der Waals surface area (Å²) in [7, 11) is 0. The maximum atomic E-state index is 12.4. The molecule has 1 saturated heterocycles. The van der Waals surface area contributed by atoms with Gasteiger partial charge in [-0.2, -0.15) is 0 Å². The number of hydrogen-bond acceptors (Lipinski definition) is 4. The van der Waals surface area contributed by atoms with E-state index in [-0.39, 0.29) is 6.09 Å². The van der Waals surface area contributed by atoms with Crippen LogP contribution >= 0.6 is 0 Å². The van der Waals surface area contributed by atoms with Crippen LogP contribution in [0.2, 0.25) is 0 Å². The normalized spacial score (nSPS) is 19.1. The molecular weight excluding hydrogens is 314 g/mol. The molecule has 140 valence electrons. The van der Waals surface area contributed by atoms with Crippen LogP contribution in [0.1, 0.15) is 72.4 Å². The Morgan fingerprint density at radius 2 is 2.08 bits per heavy atom. The predicted octanol–water partition coefficient (Wildman–Crippen LogP) is 4.78. The van der Waals surface area contributed by atoms with E-state index in [1.807, 2.05) is 40.0 Å². The van der Waals surface area contributed by atoms with Crippen LogP contribution < -0.4 is 4.90 Å². The molecule has 1 amide bonds. The number of hydrogen-bond donors (Lipinski definition) is 0. The van der Waals surface area contributed by atoms with Crippen molar-refractivity contribution in [2.24, 2.45) is 0 Å². The third-order valence-corrected chi connectivity index (χ3v) is 4.57. The highest BCUT2D eigenvalue weighted by atomic mass is 16.6. The molecule has 1 aromatic rings. The lowest BCUT2D eigenvalue weighted by molar-refractivity contribution is 0.0581. The van der Waals surface area contributed by atoms with Crippen molar-refractivity contribution in [2.75, 3.05) is 18.0 Å². The number of amides is 1. The average molecular weight is 348 g/mol. The van der Waals surface area contributed by atoms with E-state index in [1.165, 1.54) is 24.8 Å². The Morgan fingerprint density at radius 1 is 1.36 bits per heavy atom. The van der Waals surface area contributed by atoms with Crippen molar-refractivity contribution < 1.29 is 9.53 Å². The SMILES string of the molecule is CCN(C(=O)OC(C)(C)C)c1ccc([C@H]2CCCCN2C(C)C)cn1. The second-order valence-electron chi connectivity index (χ2n) is 8.02. The quantitative estimate of drug-likeness (QED) is 0.786. The molecule has 1 atom stereocenters. The number of nitrogens with zero attached hydrogens (tertiary/aromatic N) is 3. The molecule has 0 spiro atoms. The van der Waals surface area contributed by atoms with Crippen LogP contribution in [-0.4, -0.2) is 40.7 Å². The molecule has 0 bridgehead atoms. The van der Waals surface area contributed by atoms with Gasteiger partial charge in [0.25, 0.3) is 0 Å². The van der Waals surface area contributed by atoms with Gasteiger partial charge in [0.1, 0.15) is 11.4 Å². The first-order valence-electron chi connectivity index (χ1n) is 9.45. The number of likely N-dealkylation sites (tertiary alicyclic amines) is 1. The second-order valence-corrected chi connectivity index (χ2v) is 8.02. The summed E-state index contributed by atoms with van der Waals surface area (Å²) >= 11 is 0. The lowest BCUT2D eigenvalue weighted by atomic mass is 9.95. The van der Waals surface area contributed by atoms with Crippen LogP contribution in [-0.2, 0) is 4.74 Å². The molecule has 2 heterocycles. The van der Waals surface area contributed by atoms with Crippen molar-refractivity contribution in [1.82, 2.24) is 9.88 Å². The molecule has 5 heteroatoms. The van der Waals surface area contributed by atoms with E-state index in [0.717, 1.165) is 6.54 Å². The van der Waals surface area contributed by atoms with Gasteiger partial charge in [-0.1, -0.05) is 12.5 Å². The lowest BCUT2D eigenvalue weighted by Gasteiger charge is -2.38. The summed E-state index contributed by atoms with van der Waals surface area (Å²) in [6.45, 7) is 13.7. The highest BCUT2D eigenvalue weighted by Crippen LogP contribution is 2.32. The molecule has 0 N–H and O–H groups in total. The van der Waals surface area contributed by atoms with Gasteiger partial charge >= 0.3 is 6.09 Å². The Kier molecular flexibility index (Phi) is 6.44.